The van der Waals surface area contributed by atoms with Gasteiger partial charge in [0, 0.05) is 48.6 Å². The van der Waals surface area contributed by atoms with Gasteiger partial charge in [-0.1, -0.05) is 12.1 Å². The van der Waals surface area contributed by atoms with Gasteiger partial charge < -0.3 is 33.0 Å². The van der Waals surface area contributed by atoms with Crippen molar-refractivity contribution in [1.29, 1.82) is 0 Å². The summed E-state index contributed by atoms with van der Waals surface area (Å²) in [6.45, 7) is 0. The Morgan fingerprint density at radius 1 is 0.909 bits per heavy atom. The van der Waals surface area contributed by atoms with Gasteiger partial charge in [0.2, 0.25) is 5.56 Å². The number of aromatic amines is 1. The molecule has 0 radical (unpaired) electrons. The molecule has 2 saturated carbocycles. The molecule has 2 aliphatic carbocycles. The van der Waals surface area contributed by atoms with Crippen LogP contribution < -0.4 is 28.5 Å². The quantitative estimate of drug-likeness (QED) is 0.279. The van der Waals surface area contributed by atoms with Gasteiger partial charge in [-0.15, -0.1) is 0 Å². The molecule has 0 spiro atoms. The fourth-order valence-corrected chi connectivity index (χ4v) is 3.23. The fourth-order valence-electron chi connectivity index (χ4n) is 3.23. The Labute approximate surface area is 192 Å². The summed E-state index contributed by atoms with van der Waals surface area (Å²) in [4.78, 5) is 32.6. The maximum Gasteiger partial charge on any atom is 0.335 e. The van der Waals surface area contributed by atoms with Crippen molar-refractivity contribution >= 4 is 11.7 Å². The minimum atomic E-state index is -1.17. The summed E-state index contributed by atoms with van der Waals surface area (Å²) in [7, 11) is 0. The Balaban J connectivity index is 0.000000228. The number of nitro benzene ring substituents is 1. The van der Waals surface area contributed by atoms with E-state index in [0.717, 1.165) is 44.6 Å². The number of non-ortho nitro benzene ring substituents is 1. The molecule has 0 amide bonds. The van der Waals surface area contributed by atoms with Crippen LogP contribution in [0.15, 0.2) is 53.5 Å². The van der Waals surface area contributed by atoms with E-state index >= 15 is 0 Å². The van der Waals surface area contributed by atoms with Crippen LogP contribution >= 0.6 is 0 Å². The molecule has 11 nitrogen and oxygen atoms in total. The molecule has 0 aliphatic heterocycles. The number of carboxylic acid groups (broad SMARTS) is 1. The van der Waals surface area contributed by atoms with Crippen LogP contribution in [0.1, 0.15) is 48.9 Å². The zero-order valence-electron chi connectivity index (χ0n) is 18.5. The molecule has 182 valence electrons. The minimum Gasteiger partial charge on any atom is -0.478 e. The monoisotopic (exact) mass is 462 g/mol. The lowest BCUT2D eigenvalue weighted by atomic mass is 10.2. The lowest BCUT2D eigenvalue weighted by molar-refractivity contribution is -0.384. The van der Waals surface area contributed by atoms with Gasteiger partial charge in [0.25, 0.3) is 5.69 Å². The van der Waals surface area contributed by atoms with E-state index in [1.54, 1.807) is 18.3 Å². The first-order valence-electron chi connectivity index (χ1n) is 10.7. The number of benzene rings is 1. The van der Waals surface area contributed by atoms with Crippen molar-refractivity contribution in [2.45, 2.75) is 62.7 Å². The molecular formula is C22H34N6O5. The average Bonchev–Trinajstić information content (AvgIpc) is 3.35. The van der Waals surface area contributed by atoms with E-state index in [4.69, 9.17) is 28.0 Å². The number of nitrogens with two attached hydrogens (primary N) is 4. The standard InChI is InChI=1S/C7H5NO4.2C5H12N2.C5H5NO/c9-7(10)5-2-1-3-6(4-5)8(11)12;2*6-4-1-2-5(7)3-4;7-5-3-1-2-4-6-5/h1-4H,(H,9,10);2*4-5H,1-3,6-7H2;1-4H,(H,6,7)/t;2*4-,5+;. The van der Waals surface area contributed by atoms with Crippen LogP contribution in [0, 0.1) is 10.1 Å². The summed E-state index contributed by atoms with van der Waals surface area (Å²) < 4.78 is 0. The van der Waals surface area contributed by atoms with E-state index in [9.17, 15) is 19.7 Å². The summed E-state index contributed by atoms with van der Waals surface area (Å²) in [6, 6.07) is 11.4. The molecule has 1 aromatic carbocycles. The molecule has 2 aromatic rings. The predicted molar refractivity (Wildman–Crippen MR) is 127 cm³/mol. The number of hydrogen-bond donors (Lipinski definition) is 6. The Hall–Kier alpha value is -3.12. The largest absolute Gasteiger partial charge is 0.478 e. The summed E-state index contributed by atoms with van der Waals surface area (Å²) >= 11 is 0. The maximum atomic E-state index is 10.4. The average molecular weight is 463 g/mol. The second kappa shape index (κ2) is 14.9. The Morgan fingerprint density at radius 2 is 1.42 bits per heavy atom. The number of nitro groups is 1. The molecule has 11 heteroatoms. The molecule has 4 rings (SSSR count). The molecule has 2 aliphatic rings. The van der Waals surface area contributed by atoms with E-state index in [-0.39, 0.29) is 16.8 Å². The normalized spacial score (nSPS) is 23.0. The molecule has 4 atom stereocenters. The number of nitrogens with zero attached hydrogens (tertiary/aromatic N) is 1. The van der Waals surface area contributed by atoms with Gasteiger partial charge in [0.05, 0.1) is 10.5 Å². The number of aromatic nitrogens is 1. The van der Waals surface area contributed by atoms with Crippen LogP contribution in [0.3, 0.4) is 0 Å². The highest BCUT2D eigenvalue weighted by molar-refractivity contribution is 5.88. The van der Waals surface area contributed by atoms with Crippen LogP contribution in [0.25, 0.3) is 0 Å². The van der Waals surface area contributed by atoms with E-state index in [1.165, 1.54) is 24.3 Å². The summed E-state index contributed by atoms with van der Waals surface area (Å²) in [5, 5.41) is 18.7. The molecular weight excluding hydrogens is 428 g/mol. The van der Waals surface area contributed by atoms with Gasteiger partial charge >= 0.3 is 5.97 Å². The van der Waals surface area contributed by atoms with Gasteiger partial charge in [-0.2, -0.15) is 0 Å². The highest BCUT2D eigenvalue weighted by atomic mass is 16.6. The smallest absolute Gasteiger partial charge is 0.335 e. The Bertz CT molecular complexity index is 841. The molecule has 0 unspecified atom stereocenters. The van der Waals surface area contributed by atoms with Crippen LogP contribution in [0.2, 0.25) is 0 Å². The first kappa shape index (κ1) is 27.9. The highest BCUT2D eigenvalue weighted by Crippen LogP contribution is 2.15. The molecule has 1 aromatic heterocycles. The maximum absolute atomic E-state index is 10.4. The van der Waals surface area contributed by atoms with E-state index in [2.05, 4.69) is 4.98 Å². The minimum absolute atomic E-state index is 0.0532. The van der Waals surface area contributed by atoms with E-state index in [1.807, 2.05) is 0 Å². The van der Waals surface area contributed by atoms with E-state index in [0.29, 0.717) is 24.2 Å². The number of H-pyrrole nitrogens is 1. The van der Waals surface area contributed by atoms with Gasteiger partial charge in [-0.3, -0.25) is 14.9 Å². The van der Waals surface area contributed by atoms with Gasteiger partial charge in [0.15, 0.2) is 0 Å². The number of carbonyl (C=O) groups is 1. The number of aromatic carboxylic acids is 1. The van der Waals surface area contributed by atoms with Gasteiger partial charge in [-0.05, 0) is 50.7 Å². The van der Waals surface area contributed by atoms with Crippen molar-refractivity contribution in [2.75, 3.05) is 0 Å². The van der Waals surface area contributed by atoms with Gasteiger partial charge in [-0.25, -0.2) is 4.79 Å². The second-order valence-electron chi connectivity index (χ2n) is 8.01. The molecule has 33 heavy (non-hydrogen) atoms. The third-order valence-corrected chi connectivity index (χ3v) is 5.01. The molecule has 0 saturated heterocycles. The molecule has 0 bridgehead atoms. The van der Waals surface area contributed by atoms with Crippen molar-refractivity contribution < 1.29 is 14.8 Å². The zero-order chi connectivity index (χ0) is 24.8. The Kier molecular flexibility index (Phi) is 12.6. The number of rotatable bonds is 2. The van der Waals surface area contributed by atoms with Crippen molar-refractivity contribution in [1.82, 2.24) is 4.98 Å². The second-order valence-corrected chi connectivity index (χ2v) is 8.01. The first-order chi connectivity index (χ1) is 15.6. The van der Waals surface area contributed by atoms with Crippen LogP contribution in [-0.2, 0) is 0 Å². The van der Waals surface area contributed by atoms with Crippen molar-refractivity contribution in [2.24, 2.45) is 22.9 Å². The van der Waals surface area contributed by atoms with Crippen LogP contribution in [-0.4, -0.2) is 45.2 Å². The van der Waals surface area contributed by atoms with Crippen molar-refractivity contribution in [3.8, 4) is 0 Å². The molecule has 10 N–H and O–H groups in total. The van der Waals surface area contributed by atoms with E-state index < -0.39 is 10.9 Å². The summed E-state index contributed by atoms with van der Waals surface area (Å²) in [5.74, 6) is -1.17. The zero-order valence-corrected chi connectivity index (χ0v) is 18.5. The molecule has 1 heterocycles. The van der Waals surface area contributed by atoms with Crippen LogP contribution in [0.5, 0.6) is 0 Å². The third-order valence-electron chi connectivity index (χ3n) is 5.01. The number of nitrogens with one attached hydrogen (secondary N) is 1. The fraction of sp³-hybridized carbons (Fsp3) is 0.455. The summed E-state index contributed by atoms with van der Waals surface area (Å²) in [5.41, 5.74) is 21.8. The summed E-state index contributed by atoms with van der Waals surface area (Å²) in [6.07, 6.45) is 8.16. The number of carboxylic acids is 1. The highest BCUT2D eigenvalue weighted by Gasteiger charge is 2.17. The van der Waals surface area contributed by atoms with Crippen molar-refractivity contribution in [3.05, 3.63) is 74.7 Å². The van der Waals surface area contributed by atoms with Crippen LogP contribution in [0.4, 0.5) is 5.69 Å². The number of pyridine rings is 1. The first-order valence-corrected chi connectivity index (χ1v) is 10.7. The SMILES string of the molecule is N[C@@H]1CC[C@H](N)C1.N[C@@H]1CC[C@H](N)C1.O=C(O)c1cccc([N+](=O)[O-])c1.O=c1cccc[nH]1. The lowest BCUT2D eigenvalue weighted by Crippen LogP contribution is -2.20. The Morgan fingerprint density at radius 3 is 1.70 bits per heavy atom. The predicted octanol–water partition coefficient (Wildman–Crippen LogP) is 1.32. The number of hydrogen-bond acceptors (Lipinski definition) is 8. The van der Waals surface area contributed by atoms with Crippen molar-refractivity contribution in [3.63, 3.8) is 0 Å². The lowest BCUT2D eigenvalue weighted by Gasteiger charge is -1.97. The van der Waals surface area contributed by atoms with Gasteiger partial charge in [0.1, 0.15) is 0 Å². The molecule has 2 fully saturated rings. The topological polar surface area (TPSA) is 217 Å². The third kappa shape index (κ3) is 12.5.